The minimum atomic E-state index is -3.87. The van der Waals surface area contributed by atoms with Gasteiger partial charge in [0.05, 0.1) is 7.11 Å². The Balaban J connectivity index is 1.47. The Morgan fingerprint density at radius 1 is 0.966 bits per heavy atom. The van der Waals surface area contributed by atoms with E-state index >= 15 is 0 Å². The Kier molecular flexibility index (Phi) is 5.20. The number of methoxy groups -OCH3 is 1. The molecule has 0 radical (unpaired) electrons. The van der Waals surface area contributed by atoms with E-state index in [0.717, 1.165) is 6.07 Å². The van der Waals surface area contributed by atoms with E-state index < -0.39 is 15.8 Å². The lowest BCUT2D eigenvalue weighted by Crippen LogP contribution is -2.49. The monoisotopic (exact) mass is 417 g/mol. The fourth-order valence-electron chi connectivity index (χ4n) is 3.26. The number of sulfonamides is 1. The van der Waals surface area contributed by atoms with Crippen molar-refractivity contribution in [1.29, 1.82) is 0 Å². The van der Waals surface area contributed by atoms with E-state index in [1.807, 2.05) is 46.1 Å². The highest BCUT2D eigenvalue weighted by atomic mass is 32.2. The van der Waals surface area contributed by atoms with Crippen LogP contribution in [0.25, 0.3) is 5.82 Å². The van der Waals surface area contributed by atoms with Crippen LogP contribution in [0, 0.1) is 5.82 Å². The number of nitrogens with zero attached hydrogens (tertiary/aromatic N) is 5. The maximum Gasteiger partial charge on any atom is 0.246 e. The first kappa shape index (κ1) is 19.3. The molecule has 0 amide bonds. The van der Waals surface area contributed by atoms with Gasteiger partial charge < -0.3 is 14.2 Å². The summed E-state index contributed by atoms with van der Waals surface area (Å²) in [4.78, 5) is 1.81. The van der Waals surface area contributed by atoms with Crippen LogP contribution >= 0.6 is 0 Å². The molecular formula is C19H20FN5O3S. The second-order valence-corrected chi connectivity index (χ2v) is 8.43. The second kappa shape index (κ2) is 7.80. The van der Waals surface area contributed by atoms with Gasteiger partial charge >= 0.3 is 0 Å². The number of anilines is 1. The van der Waals surface area contributed by atoms with Crippen LogP contribution in [0.3, 0.4) is 0 Å². The SMILES string of the molecule is COc1ccc(F)cc1S(=O)(=O)N1CCN(c2ccc(-n3cccc3)nn2)CC1. The highest BCUT2D eigenvalue weighted by molar-refractivity contribution is 7.89. The lowest BCUT2D eigenvalue weighted by molar-refractivity contribution is 0.372. The largest absolute Gasteiger partial charge is 0.495 e. The van der Waals surface area contributed by atoms with Crippen LogP contribution in [0.4, 0.5) is 10.2 Å². The number of aromatic nitrogens is 3. The highest BCUT2D eigenvalue weighted by Crippen LogP contribution is 2.28. The third-order valence-corrected chi connectivity index (χ3v) is 6.73. The normalized spacial score (nSPS) is 15.4. The highest BCUT2D eigenvalue weighted by Gasteiger charge is 2.31. The molecule has 10 heteroatoms. The molecule has 4 rings (SSSR count). The van der Waals surface area contributed by atoms with Crippen molar-refractivity contribution in [2.45, 2.75) is 4.90 Å². The van der Waals surface area contributed by atoms with Crippen molar-refractivity contribution in [2.24, 2.45) is 0 Å². The predicted molar refractivity (Wildman–Crippen MR) is 105 cm³/mol. The van der Waals surface area contributed by atoms with Crippen molar-refractivity contribution in [3.8, 4) is 11.6 Å². The van der Waals surface area contributed by atoms with Crippen LogP contribution in [0.2, 0.25) is 0 Å². The van der Waals surface area contributed by atoms with Gasteiger partial charge in [-0.25, -0.2) is 12.8 Å². The van der Waals surface area contributed by atoms with Crippen LogP contribution in [-0.2, 0) is 10.0 Å². The van der Waals surface area contributed by atoms with E-state index in [4.69, 9.17) is 4.74 Å². The van der Waals surface area contributed by atoms with E-state index in [1.54, 1.807) is 0 Å². The molecule has 1 aliphatic heterocycles. The van der Waals surface area contributed by atoms with Gasteiger partial charge in [0.25, 0.3) is 0 Å². The van der Waals surface area contributed by atoms with Crippen molar-refractivity contribution in [2.75, 3.05) is 38.2 Å². The summed E-state index contributed by atoms with van der Waals surface area (Å²) in [6.07, 6.45) is 3.77. The smallest absolute Gasteiger partial charge is 0.246 e. The van der Waals surface area contributed by atoms with Crippen molar-refractivity contribution in [3.63, 3.8) is 0 Å². The Bertz CT molecular complexity index is 1080. The predicted octanol–water partition coefficient (Wildman–Crippen LogP) is 1.93. The van der Waals surface area contributed by atoms with Crippen LogP contribution in [0.5, 0.6) is 5.75 Å². The number of piperazine rings is 1. The van der Waals surface area contributed by atoms with E-state index in [-0.39, 0.29) is 23.7 Å². The summed E-state index contributed by atoms with van der Waals surface area (Å²) < 4.78 is 47.9. The lowest BCUT2D eigenvalue weighted by Gasteiger charge is -2.34. The molecule has 0 bridgehead atoms. The first-order valence-electron chi connectivity index (χ1n) is 9.05. The van der Waals surface area contributed by atoms with Crippen LogP contribution in [0.15, 0.2) is 59.8 Å². The van der Waals surface area contributed by atoms with Gasteiger partial charge in [-0.15, -0.1) is 10.2 Å². The number of benzene rings is 1. The van der Waals surface area contributed by atoms with Gasteiger partial charge in [-0.2, -0.15) is 4.31 Å². The molecule has 3 heterocycles. The summed E-state index contributed by atoms with van der Waals surface area (Å²) in [5, 5.41) is 8.49. The molecular weight excluding hydrogens is 397 g/mol. The molecule has 0 atom stereocenters. The van der Waals surface area contributed by atoms with Gasteiger partial charge in [0.15, 0.2) is 11.6 Å². The maximum absolute atomic E-state index is 13.6. The summed E-state index contributed by atoms with van der Waals surface area (Å²) in [5.74, 6) is 0.890. The Morgan fingerprint density at radius 2 is 1.62 bits per heavy atom. The fourth-order valence-corrected chi connectivity index (χ4v) is 4.85. The van der Waals surface area contributed by atoms with Crippen molar-refractivity contribution >= 4 is 15.8 Å². The molecule has 3 aromatic rings. The standard InChI is InChI=1S/C19H20FN5O3S/c1-28-16-5-4-15(20)14-17(16)29(26,27)25-12-10-24(11-13-25)19-7-6-18(21-22-19)23-8-2-3-9-23/h2-9,14H,10-13H2,1H3. The maximum atomic E-state index is 13.6. The Morgan fingerprint density at radius 3 is 2.24 bits per heavy atom. The molecule has 152 valence electrons. The van der Waals surface area contributed by atoms with Crippen LogP contribution in [0.1, 0.15) is 0 Å². The van der Waals surface area contributed by atoms with Gasteiger partial charge in [0.2, 0.25) is 10.0 Å². The number of rotatable bonds is 5. The molecule has 0 N–H and O–H groups in total. The summed E-state index contributed by atoms with van der Waals surface area (Å²) in [6.45, 7) is 1.41. The van der Waals surface area contributed by atoms with E-state index in [2.05, 4.69) is 10.2 Å². The number of hydrogen-bond acceptors (Lipinski definition) is 6. The summed E-state index contributed by atoms with van der Waals surface area (Å²) in [7, 11) is -2.51. The van der Waals surface area contributed by atoms with Gasteiger partial charge in [-0.3, -0.25) is 0 Å². The molecule has 0 spiro atoms. The average molecular weight is 417 g/mol. The molecule has 0 aliphatic carbocycles. The van der Waals surface area contributed by atoms with Crippen LogP contribution < -0.4 is 9.64 Å². The number of ether oxygens (including phenoxy) is 1. The zero-order chi connectivity index (χ0) is 20.4. The summed E-state index contributed by atoms with van der Waals surface area (Å²) in [5.41, 5.74) is 0. The Labute approximate surface area is 168 Å². The van der Waals surface area contributed by atoms with Crippen molar-refractivity contribution in [3.05, 3.63) is 60.7 Å². The average Bonchev–Trinajstić information content (AvgIpc) is 3.29. The first-order chi connectivity index (χ1) is 14.0. The van der Waals surface area contributed by atoms with Crippen molar-refractivity contribution in [1.82, 2.24) is 19.1 Å². The lowest BCUT2D eigenvalue weighted by atomic mass is 10.3. The molecule has 2 aromatic heterocycles. The zero-order valence-corrected chi connectivity index (χ0v) is 16.6. The van der Waals surface area contributed by atoms with Gasteiger partial charge in [-0.1, -0.05) is 0 Å². The van der Waals surface area contributed by atoms with E-state index in [0.29, 0.717) is 24.7 Å². The summed E-state index contributed by atoms with van der Waals surface area (Å²) in [6, 6.07) is 11.0. The minimum Gasteiger partial charge on any atom is -0.495 e. The van der Waals surface area contributed by atoms with E-state index in [1.165, 1.54) is 23.5 Å². The Hall–Kier alpha value is -2.98. The van der Waals surface area contributed by atoms with Gasteiger partial charge in [0, 0.05) is 38.6 Å². The fraction of sp³-hybridized carbons (Fsp3) is 0.263. The molecule has 0 saturated carbocycles. The molecule has 0 unspecified atom stereocenters. The van der Waals surface area contributed by atoms with Gasteiger partial charge in [-0.05, 0) is 42.5 Å². The molecule has 1 saturated heterocycles. The minimum absolute atomic E-state index is 0.125. The molecule has 1 aliphatic rings. The molecule has 1 fully saturated rings. The second-order valence-electron chi connectivity index (χ2n) is 6.53. The number of halogens is 1. The molecule has 29 heavy (non-hydrogen) atoms. The summed E-state index contributed by atoms with van der Waals surface area (Å²) >= 11 is 0. The van der Waals surface area contributed by atoms with E-state index in [9.17, 15) is 12.8 Å². The van der Waals surface area contributed by atoms with Crippen molar-refractivity contribution < 1.29 is 17.5 Å². The third kappa shape index (κ3) is 3.81. The zero-order valence-electron chi connectivity index (χ0n) is 15.8. The number of hydrogen-bond donors (Lipinski definition) is 0. The topological polar surface area (TPSA) is 80.6 Å². The molecule has 1 aromatic carbocycles. The van der Waals surface area contributed by atoms with Crippen LogP contribution in [-0.4, -0.2) is 60.8 Å². The third-order valence-electron chi connectivity index (χ3n) is 4.81. The van der Waals surface area contributed by atoms with Gasteiger partial charge in [0.1, 0.15) is 16.5 Å². The first-order valence-corrected chi connectivity index (χ1v) is 10.5. The molecule has 8 nitrogen and oxygen atoms in total. The quantitative estimate of drug-likeness (QED) is 0.631.